The topological polar surface area (TPSA) is 29.9 Å². The molecule has 0 bridgehead atoms. The van der Waals surface area contributed by atoms with Gasteiger partial charge in [-0.05, 0) is 31.9 Å². The third-order valence-electron chi connectivity index (χ3n) is 3.41. The number of hydrogen-bond donors (Lipinski definition) is 1. The van der Waals surface area contributed by atoms with Crippen molar-refractivity contribution in [2.24, 2.45) is 7.05 Å². The molecule has 0 saturated heterocycles. The van der Waals surface area contributed by atoms with Gasteiger partial charge in [-0.2, -0.15) is 5.10 Å². The summed E-state index contributed by atoms with van der Waals surface area (Å²) in [5, 5.41) is 7.78. The molecule has 1 aromatic rings. The second-order valence-electron chi connectivity index (χ2n) is 5.33. The second-order valence-corrected chi connectivity index (χ2v) is 5.33. The molecule has 1 unspecified atom stereocenters. The summed E-state index contributed by atoms with van der Waals surface area (Å²) in [4.78, 5) is 0. The highest BCUT2D eigenvalue weighted by Gasteiger charge is 2.01. The average molecular weight is 251 g/mol. The third-order valence-corrected chi connectivity index (χ3v) is 3.41. The maximum absolute atomic E-state index is 4.18. The minimum atomic E-state index is 0.642. The van der Waals surface area contributed by atoms with E-state index in [0.717, 1.165) is 13.0 Å². The Balaban J connectivity index is 1.98. The monoisotopic (exact) mass is 251 g/mol. The standard InChI is InChI=1S/C15H29N3/c1-4-5-6-7-8-9-14(2)16-11-10-15-12-17-18(3)13-15/h12-14,16H,4-11H2,1-3H3. The summed E-state index contributed by atoms with van der Waals surface area (Å²) in [6, 6.07) is 0.642. The fraction of sp³-hybridized carbons (Fsp3) is 0.800. The number of nitrogens with one attached hydrogen (secondary N) is 1. The Labute approximate surface area is 112 Å². The smallest absolute Gasteiger partial charge is 0.0522 e. The maximum Gasteiger partial charge on any atom is 0.0522 e. The lowest BCUT2D eigenvalue weighted by molar-refractivity contribution is 0.483. The molecule has 0 saturated carbocycles. The molecule has 1 N–H and O–H groups in total. The molecule has 0 aliphatic heterocycles. The van der Waals surface area contributed by atoms with Crippen molar-refractivity contribution >= 4 is 0 Å². The van der Waals surface area contributed by atoms with Crippen LogP contribution in [0.2, 0.25) is 0 Å². The van der Waals surface area contributed by atoms with Gasteiger partial charge >= 0.3 is 0 Å². The van der Waals surface area contributed by atoms with Crippen LogP contribution in [0, 0.1) is 0 Å². The van der Waals surface area contributed by atoms with Crippen molar-refractivity contribution in [3.05, 3.63) is 18.0 Å². The van der Waals surface area contributed by atoms with E-state index in [2.05, 4.69) is 30.5 Å². The molecule has 18 heavy (non-hydrogen) atoms. The van der Waals surface area contributed by atoms with Crippen LogP contribution in [-0.4, -0.2) is 22.4 Å². The van der Waals surface area contributed by atoms with E-state index >= 15 is 0 Å². The molecule has 3 heteroatoms. The van der Waals surface area contributed by atoms with E-state index in [-0.39, 0.29) is 0 Å². The molecule has 3 nitrogen and oxygen atoms in total. The Morgan fingerprint density at radius 1 is 1.28 bits per heavy atom. The summed E-state index contributed by atoms with van der Waals surface area (Å²) in [7, 11) is 1.97. The highest BCUT2D eigenvalue weighted by molar-refractivity contribution is 5.03. The van der Waals surface area contributed by atoms with Gasteiger partial charge in [-0.3, -0.25) is 4.68 Å². The van der Waals surface area contributed by atoms with Crippen LogP contribution >= 0.6 is 0 Å². The molecule has 0 aliphatic rings. The van der Waals surface area contributed by atoms with E-state index in [1.54, 1.807) is 0 Å². The molecule has 0 aromatic carbocycles. The maximum atomic E-state index is 4.18. The lowest BCUT2D eigenvalue weighted by Gasteiger charge is -2.13. The molecule has 1 atom stereocenters. The summed E-state index contributed by atoms with van der Waals surface area (Å²) in [6.45, 7) is 5.62. The van der Waals surface area contributed by atoms with Gasteiger partial charge in [0.1, 0.15) is 0 Å². The number of aromatic nitrogens is 2. The zero-order valence-corrected chi connectivity index (χ0v) is 12.3. The largest absolute Gasteiger partial charge is 0.314 e. The van der Waals surface area contributed by atoms with E-state index < -0.39 is 0 Å². The number of aryl methyl sites for hydroxylation is 1. The van der Waals surface area contributed by atoms with Gasteiger partial charge in [0.15, 0.2) is 0 Å². The van der Waals surface area contributed by atoms with Crippen LogP contribution in [0.15, 0.2) is 12.4 Å². The summed E-state index contributed by atoms with van der Waals surface area (Å²) in [5.41, 5.74) is 1.32. The molecule has 104 valence electrons. The average Bonchev–Trinajstić information content (AvgIpc) is 2.75. The molecule has 0 spiro atoms. The predicted molar refractivity (Wildman–Crippen MR) is 77.8 cm³/mol. The van der Waals surface area contributed by atoms with Crippen molar-refractivity contribution in [2.75, 3.05) is 6.54 Å². The SMILES string of the molecule is CCCCCCCC(C)NCCc1cnn(C)c1. The molecule has 0 radical (unpaired) electrons. The number of rotatable bonds is 10. The minimum absolute atomic E-state index is 0.642. The first kappa shape index (κ1) is 15.2. The van der Waals surface area contributed by atoms with Gasteiger partial charge in [0.2, 0.25) is 0 Å². The van der Waals surface area contributed by atoms with Gasteiger partial charge in [-0.15, -0.1) is 0 Å². The van der Waals surface area contributed by atoms with Crippen molar-refractivity contribution in [1.82, 2.24) is 15.1 Å². The van der Waals surface area contributed by atoms with Gasteiger partial charge < -0.3 is 5.32 Å². The summed E-state index contributed by atoms with van der Waals surface area (Å²) >= 11 is 0. The third kappa shape index (κ3) is 6.80. The predicted octanol–water partition coefficient (Wildman–Crippen LogP) is 3.30. The zero-order chi connectivity index (χ0) is 13.2. The van der Waals surface area contributed by atoms with Gasteiger partial charge in [0.25, 0.3) is 0 Å². The summed E-state index contributed by atoms with van der Waals surface area (Å²) in [5.74, 6) is 0. The molecule has 1 rings (SSSR count). The Morgan fingerprint density at radius 3 is 2.72 bits per heavy atom. The van der Waals surface area contributed by atoms with Crippen molar-refractivity contribution < 1.29 is 0 Å². The lowest BCUT2D eigenvalue weighted by Crippen LogP contribution is -2.27. The van der Waals surface area contributed by atoms with Crippen LogP contribution in [0.1, 0.15) is 57.9 Å². The lowest BCUT2D eigenvalue weighted by atomic mass is 10.1. The van der Waals surface area contributed by atoms with Gasteiger partial charge in [0.05, 0.1) is 6.20 Å². The zero-order valence-electron chi connectivity index (χ0n) is 12.3. The highest BCUT2D eigenvalue weighted by Crippen LogP contribution is 2.07. The molecule has 0 amide bonds. The van der Waals surface area contributed by atoms with Gasteiger partial charge in [-0.25, -0.2) is 0 Å². The molecule has 1 aromatic heterocycles. The first-order valence-corrected chi connectivity index (χ1v) is 7.43. The fourth-order valence-corrected chi connectivity index (χ4v) is 2.22. The van der Waals surface area contributed by atoms with E-state index in [0.29, 0.717) is 6.04 Å². The molecular formula is C15H29N3. The van der Waals surface area contributed by atoms with Crippen LogP contribution in [0.4, 0.5) is 0 Å². The van der Waals surface area contributed by atoms with Crippen molar-refractivity contribution in [3.8, 4) is 0 Å². The molecule has 0 fully saturated rings. The quantitative estimate of drug-likeness (QED) is 0.647. The molecule has 1 heterocycles. The number of hydrogen-bond acceptors (Lipinski definition) is 2. The molecular weight excluding hydrogens is 222 g/mol. The molecule has 0 aliphatic carbocycles. The summed E-state index contributed by atoms with van der Waals surface area (Å²) in [6.07, 6.45) is 13.3. The van der Waals surface area contributed by atoms with E-state index in [4.69, 9.17) is 0 Å². The van der Waals surface area contributed by atoms with Crippen LogP contribution in [0.3, 0.4) is 0 Å². The Morgan fingerprint density at radius 2 is 2.06 bits per heavy atom. The first-order chi connectivity index (χ1) is 8.72. The number of nitrogens with zero attached hydrogens (tertiary/aromatic N) is 2. The fourth-order valence-electron chi connectivity index (χ4n) is 2.22. The van der Waals surface area contributed by atoms with E-state index in [1.807, 2.05) is 17.9 Å². The Kier molecular flexibility index (Phi) is 7.74. The van der Waals surface area contributed by atoms with Crippen molar-refractivity contribution in [3.63, 3.8) is 0 Å². The normalized spacial score (nSPS) is 12.8. The summed E-state index contributed by atoms with van der Waals surface area (Å²) < 4.78 is 1.87. The number of unbranched alkanes of at least 4 members (excludes halogenated alkanes) is 4. The Bertz CT molecular complexity index is 306. The van der Waals surface area contributed by atoms with Crippen LogP contribution in [0.5, 0.6) is 0 Å². The Hall–Kier alpha value is -0.830. The van der Waals surface area contributed by atoms with Crippen LogP contribution in [0.25, 0.3) is 0 Å². The van der Waals surface area contributed by atoms with E-state index in [9.17, 15) is 0 Å². The van der Waals surface area contributed by atoms with Gasteiger partial charge in [-0.1, -0.05) is 39.0 Å². The highest BCUT2D eigenvalue weighted by atomic mass is 15.2. The van der Waals surface area contributed by atoms with Crippen LogP contribution in [-0.2, 0) is 13.5 Å². The van der Waals surface area contributed by atoms with E-state index in [1.165, 1.54) is 44.1 Å². The minimum Gasteiger partial charge on any atom is -0.314 e. The first-order valence-electron chi connectivity index (χ1n) is 7.43. The second kappa shape index (κ2) is 9.15. The van der Waals surface area contributed by atoms with Crippen molar-refractivity contribution in [1.29, 1.82) is 0 Å². The van der Waals surface area contributed by atoms with Gasteiger partial charge in [0, 0.05) is 19.3 Å². The van der Waals surface area contributed by atoms with Crippen LogP contribution < -0.4 is 5.32 Å². The van der Waals surface area contributed by atoms with Crippen molar-refractivity contribution in [2.45, 2.75) is 64.8 Å².